The summed E-state index contributed by atoms with van der Waals surface area (Å²) < 4.78 is 15.7. The van der Waals surface area contributed by atoms with Crippen molar-refractivity contribution < 1.29 is 28.9 Å². The second-order valence-corrected chi connectivity index (χ2v) is 5.61. The third-order valence-electron chi connectivity index (χ3n) is 3.78. The number of benzene rings is 2. The van der Waals surface area contributed by atoms with Crippen LogP contribution in [0.2, 0.25) is 0 Å². The number of amides is 2. The van der Waals surface area contributed by atoms with Crippen molar-refractivity contribution in [2.75, 3.05) is 27.4 Å². The van der Waals surface area contributed by atoms with Crippen molar-refractivity contribution in [3.05, 3.63) is 53.6 Å². The fourth-order valence-electron chi connectivity index (χ4n) is 2.36. The number of hydrogen-bond acceptors (Lipinski definition) is 6. The SMILES string of the molecule is COc1ccc(OC)c(C(O)CNC(=O)COc2cccc(C(N)=O)c2)c1. The Labute approximate surface area is 156 Å². The fourth-order valence-corrected chi connectivity index (χ4v) is 2.36. The Morgan fingerprint density at radius 2 is 1.89 bits per heavy atom. The molecule has 0 aliphatic carbocycles. The Morgan fingerprint density at radius 1 is 1.11 bits per heavy atom. The maximum Gasteiger partial charge on any atom is 0.258 e. The quantitative estimate of drug-likeness (QED) is 0.603. The van der Waals surface area contributed by atoms with Gasteiger partial charge in [0.1, 0.15) is 17.2 Å². The molecule has 0 saturated heterocycles. The summed E-state index contributed by atoms with van der Waals surface area (Å²) in [6.45, 7) is -0.308. The van der Waals surface area contributed by atoms with Crippen LogP contribution in [-0.2, 0) is 4.79 Å². The molecule has 4 N–H and O–H groups in total. The molecule has 0 saturated carbocycles. The molecule has 2 aromatic carbocycles. The zero-order valence-electron chi connectivity index (χ0n) is 15.1. The van der Waals surface area contributed by atoms with Crippen LogP contribution in [0.1, 0.15) is 22.0 Å². The molecule has 1 atom stereocenters. The number of aliphatic hydroxyl groups is 1. The number of primary amides is 1. The van der Waals surface area contributed by atoms with Crippen molar-refractivity contribution in [1.29, 1.82) is 0 Å². The fraction of sp³-hybridized carbons (Fsp3) is 0.263. The molecule has 1 unspecified atom stereocenters. The molecule has 8 nitrogen and oxygen atoms in total. The minimum absolute atomic E-state index is 0.0347. The molecule has 0 fully saturated rings. The van der Waals surface area contributed by atoms with Gasteiger partial charge in [-0.2, -0.15) is 0 Å². The van der Waals surface area contributed by atoms with Crippen molar-refractivity contribution in [2.24, 2.45) is 5.73 Å². The largest absolute Gasteiger partial charge is 0.497 e. The van der Waals surface area contributed by atoms with Gasteiger partial charge in [-0.25, -0.2) is 0 Å². The summed E-state index contributed by atoms with van der Waals surface area (Å²) in [7, 11) is 3.01. The average molecular weight is 374 g/mol. The molecule has 2 amide bonds. The van der Waals surface area contributed by atoms with Gasteiger partial charge in [-0.1, -0.05) is 6.07 Å². The molecular weight excluding hydrogens is 352 g/mol. The van der Waals surface area contributed by atoms with E-state index in [9.17, 15) is 14.7 Å². The molecule has 2 aromatic rings. The number of nitrogens with two attached hydrogens (primary N) is 1. The molecule has 0 aromatic heterocycles. The van der Waals surface area contributed by atoms with Crippen LogP contribution in [0.25, 0.3) is 0 Å². The maximum absolute atomic E-state index is 12.0. The van der Waals surface area contributed by atoms with Gasteiger partial charge in [-0.15, -0.1) is 0 Å². The second kappa shape index (κ2) is 9.44. The monoisotopic (exact) mass is 374 g/mol. The first-order valence-corrected chi connectivity index (χ1v) is 8.14. The Balaban J connectivity index is 1.90. The van der Waals surface area contributed by atoms with Crippen molar-refractivity contribution in [2.45, 2.75) is 6.10 Å². The molecule has 0 heterocycles. The number of carbonyl (C=O) groups excluding carboxylic acids is 2. The van der Waals surface area contributed by atoms with Crippen molar-refractivity contribution in [1.82, 2.24) is 5.32 Å². The van der Waals surface area contributed by atoms with Crippen LogP contribution >= 0.6 is 0 Å². The van der Waals surface area contributed by atoms with Gasteiger partial charge in [0.05, 0.1) is 20.3 Å². The van der Waals surface area contributed by atoms with E-state index < -0.39 is 17.9 Å². The lowest BCUT2D eigenvalue weighted by atomic mass is 10.1. The highest BCUT2D eigenvalue weighted by atomic mass is 16.5. The highest BCUT2D eigenvalue weighted by molar-refractivity contribution is 5.93. The number of carbonyl (C=O) groups is 2. The zero-order chi connectivity index (χ0) is 19.8. The van der Waals surface area contributed by atoms with E-state index in [0.29, 0.717) is 22.8 Å². The molecule has 144 valence electrons. The number of nitrogens with one attached hydrogen (secondary N) is 1. The Morgan fingerprint density at radius 3 is 2.56 bits per heavy atom. The molecule has 0 spiro atoms. The van der Waals surface area contributed by atoms with E-state index in [0.717, 1.165) is 0 Å². The van der Waals surface area contributed by atoms with Gasteiger partial charge in [0.2, 0.25) is 5.91 Å². The summed E-state index contributed by atoms with van der Waals surface area (Å²) in [5.41, 5.74) is 5.98. The van der Waals surface area contributed by atoms with Crippen LogP contribution in [0.15, 0.2) is 42.5 Å². The van der Waals surface area contributed by atoms with Crippen LogP contribution in [0.5, 0.6) is 17.2 Å². The third-order valence-corrected chi connectivity index (χ3v) is 3.78. The first-order valence-electron chi connectivity index (χ1n) is 8.14. The highest BCUT2D eigenvalue weighted by Crippen LogP contribution is 2.29. The molecule has 0 aliphatic heterocycles. The van der Waals surface area contributed by atoms with Gasteiger partial charge in [-0.05, 0) is 36.4 Å². The highest BCUT2D eigenvalue weighted by Gasteiger charge is 2.16. The number of methoxy groups -OCH3 is 2. The van der Waals surface area contributed by atoms with E-state index in [4.69, 9.17) is 19.9 Å². The van der Waals surface area contributed by atoms with E-state index in [1.807, 2.05) is 0 Å². The minimum atomic E-state index is -0.989. The zero-order valence-corrected chi connectivity index (χ0v) is 15.1. The Bertz CT molecular complexity index is 809. The molecular formula is C19H22N2O6. The lowest BCUT2D eigenvalue weighted by Crippen LogP contribution is -2.32. The number of ether oxygens (including phenoxy) is 3. The number of aliphatic hydroxyl groups excluding tert-OH is 1. The van der Waals surface area contributed by atoms with E-state index in [1.54, 1.807) is 36.4 Å². The van der Waals surface area contributed by atoms with Crippen LogP contribution < -0.4 is 25.3 Å². The average Bonchev–Trinajstić information content (AvgIpc) is 2.70. The molecule has 2 rings (SSSR count). The number of hydrogen-bond donors (Lipinski definition) is 3. The summed E-state index contributed by atoms with van der Waals surface area (Å²) in [5, 5.41) is 12.9. The van der Waals surface area contributed by atoms with E-state index >= 15 is 0 Å². The molecule has 0 aliphatic rings. The first-order chi connectivity index (χ1) is 12.9. The van der Waals surface area contributed by atoms with Crippen molar-refractivity contribution in [3.8, 4) is 17.2 Å². The molecule has 0 bridgehead atoms. The third kappa shape index (κ3) is 5.61. The minimum Gasteiger partial charge on any atom is -0.497 e. The smallest absolute Gasteiger partial charge is 0.258 e. The number of rotatable bonds is 9. The standard InChI is InChI=1S/C19H22N2O6/c1-25-13-6-7-17(26-2)15(9-13)16(22)10-21-18(23)11-27-14-5-3-4-12(8-14)19(20)24/h3-9,16,22H,10-11H2,1-2H3,(H2,20,24)(H,21,23). The van der Waals surface area contributed by atoms with Crippen molar-refractivity contribution in [3.63, 3.8) is 0 Å². The van der Waals surface area contributed by atoms with Gasteiger partial charge in [0, 0.05) is 17.7 Å². The van der Waals surface area contributed by atoms with Gasteiger partial charge in [0.25, 0.3) is 5.91 Å². The Hall–Kier alpha value is -3.26. The lowest BCUT2D eigenvalue weighted by molar-refractivity contribution is -0.123. The predicted octanol–water partition coefficient (Wildman–Crippen LogP) is 1.03. The van der Waals surface area contributed by atoms with Crippen LogP contribution in [0.3, 0.4) is 0 Å². The molecule has 27 heavy (non-hydrogen) atoms. The maximum atomic E-state index is 12.0. The van der Waals surface area contributed by atoms with E-state index in [1.165, 1.54) is 20.3 Å². The summed E-state index contributed by atoms with van der Waals surface area (Å²) in [6, 6.07) is 11.2. The summed E-state index contributed by atoms with van der Waals surface area (Å²) >= 11 is 0. The van der Waals surface area contributed by atoms with Crippen molar-refractivity contribution >= 4 is 11.8 Å². The first kappa shape index (κ1) is 20.1. The van der Waals surface area contributed by atoms with Gasteiger partial charge >= 0.3 is 0 Å². The Kier molecular flexibility index (Phi) is 7.01. The second-order valence-electron chi connectivity index (χ2n) is 5.61. The molecule has 0 radical (unpaired) electrons. The van der Waals surface area contributed by atoms with Gasteiger partial charge in [0.15, 0.2) is 6.61 Å². The summed E-state index contributed by atoms with van der Waals surface area (Å²) in [4.78, 5) is 23.1. The van der Waals surface area contributed by atoms with E-state index in [2.05, 4.69) is 5.32 Å². The van der Waals surface area contributed by atoms with Crippen LogP contribution in [0.4, 0.5) is 0 Å². The topological polar surface area (TPSA) is 120 Å². The van der Waals surface area contributed by atoms with Gasteiger partial charge < -0.3 is 30.4 Å². The lowest BCUT2D eigenvalue weighted by Gasteiger charge is -2.16. The van der Waals surface area contributed by atoms with Crippen LogP contribution in [0, 0.1) is 0 Å². The normalized spacial score (nSPS) is 11.4. The van der Waals surface area contributed by atoms with E-state index in [-0.39, 0.29) is 18.7 Å². The summed E-state index contributed by atoms with van der Waals surface area (Å²) in [5.74, 6) is 0.378. The van der Waals surface area contributed by atoms with Crippen LogP contribution in [-0.4, -0.2) is 44.3 Å². The van der Waals surface area contributed by atoms with Gasteiger partial charge in [-0.3, -0.25) is 9.59 Å². The summed E-state index contributed by atoms with van der Waals surface area (Å²) in [6.07, 6.45) is -0.989. The molecule has 8 heteroatoms. The predicted molar refractivity (Wildman–Crippen MR) is 98.0 cm³/mol.